The van der Waals surface area contributed by atoms with Gasteiger partial charge in [-0.05, 0) is 25.0 Å². The molecule has 2 rings (SSSR count). The molecule has 0 aliphatic rings. The van der Waals surface area contributed by atoms with Gasteiger partial charge in [0.05, 0.1) is 12.7 Å². The fourth-order valence-electron chi connectivity index (χ4n) is 2.41. The van der Waals surface area contributed by atoms with Crippen molar-refractivity contribution in [3.63, 3.8) is 0 Å². The Labute approximate surface area is 128 Å². The molecule has 0 heterocycles. The fraction of sp³-hybridized carbons (Fsp3) is 0.368. The average Bonchev–Trinajstić information content (AvgIpc) is 2.52. The Bertz CT molecular complexity index is 456. The first kappa shape index (κ1) is 15.7. The molecule has 0 saturated heterocycles. The van der Waals surface area contributed by atoms with E-state index in [1.54, 1.807) is 0 Å². The lowest BCUT2D eigenvalue weighted by atomic mass is 9.91. The first-order valence-corrected chi connectivity index (χ1v) is 7.69. The summed E-state index contributed by atoms with van der Waals surface area (Å²) in [4.78, 5) is 0. The molecule has 0 amide bonds. The van der Waals surface area contributed by atoms with E-state index >= 15 is 0 Å². The van der Waals surface area contributed by atoms with Gasteiger partial charge in [0.1, 0.15) is 0 Å². The van der Waals surface area contributed by atoms with E-state index in [2.05, 4.69) is 79.8 Å². The highest BCUT2D eigenvalue weighted by Gasteiger charge is 2.12. The Balaban J connectivity index is 1.97. The maximum atomic E-state index is 5.57. The molecule has 0 aliphatic heterocycles. The monoisotopic (exact) mass is 283 g/mol. The van der Waals surface area contributed by atoms with Crippen LogP contribution in [0.1, 0.15) is 30.9 Å². The predicted molar refractivity (Wildman–Crippen MR) is 88.7 cm³/mol. The largest absolute Gasteiger partial charge is 0.377 e. The zero-order chi connectivity index (χ0) is 14.9. The summed E-state index contributed by atoms with van der Waals surface area (Å²) in [5.41, 5.74) is 2.70. The Morgan fingerprint density at radius 2 is 1.38 bits per heavy atom. The van der Waals surface area contributed by atoms with E-state index in [0.29, 0.717) is 12.0 Å². The summed E-state index contributed by atoms with van der Waals surface area (Å²) in [5.74, 6) is 0.381. The second kappa shape index (κ2) is 8.60. The van der Waals surface area contributed by atoms with Gasteiger partial charge in [-0.3, -0.25) is 0 Å². The smallest absolute Gasteiger partial charge is 0.0594 e. The van der Waals surface area contributed by atoms with Gasteiger partial charge < -0.3 is 10.1 Å². The van der Waals surface area contributed by atoms with Crippen molar-refractivity contribution in [3.05, 3.63) is 71.8 Å². The minimum atomic E-state index is 0.297. The maximum absolute atomic E-state index is 5.57. The topological polar surface area (TPSA) is 21.3 Å². The minimum absolute atomic E-state index is 0.297. The third kappa shape index (κ3) is 5.33. The SMILES string of the molecule is CC(C)OCCNCC(c1ccccc1)c1ccccc1. The van der Waals surface area contributed by atoms with Gasteiger partial charge >= 0.3 is 0 Å². The van der Waals surface area contributed by atoms with E-state index in [1.807, 2.05) is 0 Å². The van der Waals surface area contributed by atoms with E-state index in [1.165, 1.54) is 11.1 Å². The number of ether oxygens (including phenoxy) is 1. The fourth-order valence-corrected chi connectivity index (χ4v) is 2.41. The van der Waals surface area contributed by atoms with E-state index < -0.39 is 0 Å². The number of hydrogen-bond donors (Lipinski definition) is 1. The first-order valence-electron chi connectivity index (χ1n) is 7.69. The molecule has 2 heteroatoms. The van der Waals surface area contributed by atoms with Crippen molar-refractivity contribution in [3.8, 4) is 0 Å². The van der Waals surface area contributed by atoms with Crippen molar-refractivity contribution in [2.24, 2.45) is 0 Å². The standard InChI is InChI=1S/C19H25NO/c1-16(2)21-14-13-20-15-19(17-9-5-3-6-10-17)18-11-7-4-8-12-18/h3-12,16,19-20H,13-15H2,1-2H3. The average molecular weight is 283 g/mol. The number of rotatable bonds is 8. The van der Waals surface area contributed by atoms with Crippen LogP contribution < -0.4 is 5.32 Å². The summed E-state index contributed by atoms with van der Waals surface area (Å²) >= 11 is 0. The van der Waals surface area contributed by atoms with Crippen LogP contribution in [0.25, 0.3) is 0 Å². The molecule has 0 aliphatic carbocycles. The highest BCUT2D eigenvalue weighted by Crippen LogP contribution is 2.23. The Kier molecular flexibility index (Phi) is 6.45. The number of benzene rings is 2. The summed E-state index contributed by atoms with van der Waals surface area (Å²) in [5, 5.41) is 3.51. The lowest BCUT2D eigenvalue weighted by Gasteiger charge is -2.19. The van der Waals surface area contributed by atoms with Crippen LogP contribution in [0.5, 0.6) is 0 Å². The van der Waals surface area contributed by atoms with Crippen LogP contribution in [0.4, 0.5) is 0 Å². The van der Waals surface area contributed by atoms with Crippen molar-refractivity contribution >= 4 is 0 Å². The Morgan fingerprint density at radius 3 is 1.86 bits per heavy atom. The molecule has 1 N–H and O–H groups in total. The molecule has 0 unspecified atom stereocenters. The molecule has 2 aromatic carbocycles. The molecule has 0 fully saturated rings. The van der Waals surface area contributed by atoms with Crippen molar-refractivity contribution in [2.75, 3.05) is 19.7 Å². The van der Waals surface area contributed by atoms with Crippen LogP contribution in [0.15, 0.2) is 60.7 Å². The summed E-state index contributed by atoms with van der Waals surface area (Å²) in [6, 6.07) is 21.3. The van der Waals surface area contributed by atoms with Crippen LogP contribution in [0.2, 0.25) is 0 Å². The van der Waals surface area contributed by atoms with Crippen molar-refractivity contribution < 1.29 is 4.74 Å². The maximum Gasteiger partial charge on any atom is 0.0594 e. The van der Waals surface area contributed by atoms with Gasteiger partial charge in [-0.2, -0.15) is 0 Å². The number of hydrogen-bond acceptors (Lipinski definition) is 2. The highest BCUT2D eigenvalue weighted by molar-refractivity contribution is 5.32. The summed E-state index contributed by atoms with van der Waals surface area (Å²) in [6.07, 6.45) is 0.297. The molecule has 2 nitrogen and oxygen atoms in total. The summed E-state index contributed by atoms with van der Waals surface area (Å²) in [7, 11) is 0. The molecule has 0 bridgehead atoms. The first-order chi connectivity index (χ1) is 10.3. The second-order valence-electron chi connectivity index (χ2n) is 5.50. The van der Waals surface area contributed by atoms with Gasteiger partial charge in [-0.1, -0.05) is 60.7 Å². The second-order valence-corrected chi connectivity index (χ2v) is 5.50. The molecule has 21 heavy (non-hydrogen) atoms. The van der Waals surface area contributed by atoms with E-state index in [4.69, 9.17) is 4.74 Å². The van der Waals surface area contributed by atoms with E-state index in [9.17, 15) is 0 Å². The van der Waals surface area contributed by atoms with Crippen molar-refractivity contribution in [1.29, 1.82) is 0 Å². The van der Waals surface area contributed by atoms with Gasteiger partial charge in [-0.25, -0.2) is 0 Å². The Morgan fingerprint density at radius 1 is 0.857 bits per heavy atom. The lowest BCUT2D eigenvalue weighted by Crippen LogP contribution is -2.26. The Hall–Kier alpha value is -1.64. The van der Waals surface area contributed by atoms with Gasteiger partial charge in [0, 0.05) is 19.0 Å². The molecular weight excluding hydrogens is 258 g/mol. The van der Waals surface area contributed by atoms with Gasteiger partial charge in [0.15, 0.2) is 0 Å². The van der Waals surface area contributed by atoms with E-state index in [0.717, 1.165) is 19.7 Å². The zero-order valence-corrected chi connectivity index (χ0v) is 13.0. The van der Waals surface area contributed by atoms with E-state index in [-0.39, 0.29) is 0 Å². The summed E-state index contributed by atoms with van der Waals surface area (Å²) < 4.78 is 5.57. The molecule has 0 spiro atoms. The van der Waals surface area contributed by atoms with Crippen LogP contribution in [-0.4, -0.2) is 25.8 Å². The van der Waals surface area contributed by atoms with Crippen LogP contribution in [0, 0.1) is 0 Å². The minimum Gasteiger partial charge on any atom is -0.377 e. The predicted octanol–water partition coefficient (Wildman–Crippen LogP) is 3.83. The normalized spacial score (nSPS) is 11.2. The molecule has 0 saturated carbocycles. The number of nitrogens with one attached hydrogen (secondary N) is 1. The third-order valence-electron chi connectivity index (χ3n) is 3.48. The summed E-state index contributed by atoms with van der Waals surface area (Å²) in [6.45, 7) is 6.70. The molecule has 112 valence electrons. The molecular formula is C19H25NO. The van der Waals surface area contributed by atoms with Crippen LogP contribution in [-0.2, 0) is 4.74 Å². The van der Waals surface area contributed by atoms with Crippen molar-refractivity contribution in [2.45, 2.75) is 25.9 Å². The van der Waals surface area contributed by atoms with Gasteiger partial charge in [-0.15, -0.1) is 0 Å². The molecule has 0 aromatic heterocycles. The quantitative estimate of drug-likeness (QED) is 0.743. The van der Waals surface area contributed by atoms with Crippen LogP contribution in [0.3, 0.4) is 0 Å². The molecule has 2 aromatic rings. The van der Waals surface area contributed by atoms with Gasteiger partial charge in [0.2, 0.25) is 0 Å². The zero-order valence-electron chi connectivity index (χ0n) is 13.0. The van der Waals surface area contributed by atoms with Crippen molar-refractivity contribution in [1.82, 2.24) is 5.32 Å². The van der Waals surface area contributed by atoms with Gasteiger partial charge in [0.25, 0.3) is 0 Å². The van der Waals surface area contributed by atoms with Crippen LogP contribution >= 0.6 is 0 Å². The highest BCUT2D eigenvalue weighted by atomic mass is 16.5. The lowest BCUT2D eigenvalue weighted by molar-refractivity contribution is 0.0808. The molecule has 0 atom stereocenters. The molecule has 0 radical (unpaired) electrons. The third-order valence-corrected chi connectivity index (χ3v) is 3.48.